The van der Waals surface area contributed by atoms with E-state index >= 15 is 0 Å². The molecule has 0 spiro atoms. The molecule has 0 amide bonds. The fourth-order valence-electron chi connectivity index (χ4n) is 0.814. The Morgan fingerprint density at radius 2 is 2.38 bits per heavy atom. The minimum absolute atomic E-state index is 0.648. The summed E-state index contributed by atoms with van der Waals surface area (Å²) in [5.74, 6) is 2.35. The van der Waals surface area contributed by atoms with Gasteiger partial charge in [0.25, 0.3) is 0 Å². The van der Waals surface area contributed by atoms with Crippen LogP contribution in [0.3, 0.4) is 0 Å². The second-order valence-electron chi connectivity index (χ2n) is 2.50. The molecule has 0 N–H and O–H groups in total. The third-order valence-electron chi connectivity index (χ3n) is 1.76. The largest absolute Gasteiger partial charge is 0.377 e. The monoisotopic (exact) mass is 132 g/mol. The maximum atomic E-state index is 5.27. The molecule has 1 heterocycles. The lowest BCUT2D eigenvalue weighted by atomic mass is 10.9. The fraction of sp³-hybridized carbons (Fsp3) is 0.833. The van der Waals surface area contributed by atoms with E-state index in [1.165, 1.54) is 6.16 Å². The molecular weight excluding hydrogens is 119 g/mol. The lowest BCUT2D eigenvalue weighted by molar-refractivity contribution is 0.216. The normalized spacial score (nSPS) is 37.8. The zero-order valence-corrected chi connectivity index (χ0v) is 6.45. The molecule has 0 saturated carbocycles. The molecule has 1 rings (SSSR count). The van der Waals surface area contributed by atoms with Crippen LogP contribution < -0.4 is 0 Å². The van der Waals surface area contributed by atoms with Gasteiger partial charge >= 0.3 is 0 Å². The van der Waals surface area contributed by atoms with Crippen LogP contribution in [0.15, 0.2) is 0 Å². The van der Waals surface area contributed by atoms with Gasteiger partial charge in [0.1, 0.15) is 0 Å². The van der Waals surface area contributed by atoms with E-state index in [4.69, 9.17) is 4.74 Å². The second kappa shape index (κ2) is 2.24. The van der Waals surface area contributed by atoms with Gasteiger partial charge in [0, 0.05) is 0 Å². The van der Waals surface area contributed by atoms with Crippen LogP contribution in [0.25, 0.3) is 0 Å². The Morgan fingerprint density at radius 1 is 1.62 bits per heavy atom. The smallest absolute Gasteiger partial charge is 0.0652 e. The van der Waals surface area contributed by atoms with Crippen molar-refractivity contribution in [2.45, 2.75) is 6.92 Å². The molecule has 8 heavy (non-hydrogen) atoms. The van der Waals surface area contributed by atoms with Crippen LogP contribution in [-0.2, 0) is 4.74 Å². The highest BCUT2D eigenvalue weighted by Gasteiger charge is 2.15. The Morgan fingerprint density at radius 3 is 2.62 bits per heavy atom. The molecule has 0 radical (unpaired) electrons. The topological polar surface area (TPSA) is 9.23 Å². The predicted molar refractivity (Wildman–Crippen MR) is 40.3 cm³/mol. The van der Waals surface area contributed by atoms with Crippen LogP contribution in [0.4, 0.5) is 0 Å². The summed E-state index contributed by atoms with van der Waals surface area (Å²) in [6, 6.07) is 0. The van der Waals surface area contributed by atoms with Crippen LogP contribution in [0.5, 0.6) is 0 Å². The van der Waals surface area contributed by atoms with Gasteiger partial charge in [-0.3, -0.25) is 0 Å². The third-order valence-corrected chi connectivity index (χ3v) is 4.98. The first-order valence-corrected chi connectivity index (χ1v) is 5.67. The zero-order valence-electron chi connectivity index (χ0n) is 5.55. The molecule has 0 aromatic carbocycles. The Balaban J connectivity index is 2.67. The van der Waals surface area contributed by atoms with Crippen LogP contribution in [0, 0.1) is 0 Å². The van der Waals surface area contributed by atoms with E-state index in [9.17, 15) is 0 Å². The van der Waals surface area contributed by atoms with E-state index in [0.717, 1.165) is 13.0 Å². The van der Waals surface area contributed by atoms with Crippen LogP contribution in [0.2, 0.25) is 0 Å². The van der Waals surface area contributed by atoms with Crippen molar-refractivity contribution in [3.8, 4) is 0 Å². The van der Waals surface area contributed by atoms with Crippen molar-refractivity contribution in [2.24, 2.45) is 0 Å². The van der Waals surface area contributed by atoms with Gasteiger partial charge in [-0.15, -0.1) is 0 Å². The van der Waals surface area contributed by atoms with Gasteiger partial charge in [-0.2, -0.15) is 0 Å². The average molecular weight is 132 g/mol. The van der Waals surface area contributed by atoms with Gasteiger partial charge in [0.2, 0.25) is 0 Å². The summed E-state index contributed by atoms with van der Waals surface area (Å²) >= 11 is 0. The first kappa shape index (κ1) is 6.38. The highest BCUT2D eigenvalue weighted by Crippen LogP contribution is 2.45. The molecule has 1 nitrogen and oxygen atoms in total. The zero-order chi connectivity index (χ0) is 6.04. The second-order valence-corrected chi connectivity index (χ2v) is 6.68. The Bertz CT molecular complexity index is 118. The summed E-state index contributed by atoms with van der Waals surface area (Å²) in [6.07, 6.45) is 2.34. The van der Waals surface area contributed by atoms with E-state index in [2.05, 4.69) is 19.4 Å². The molecule has 0 bridgehead atoms. The Kier molecular flexibility index (Phi) is 1.79. The SMILES string of the molecule is CC=P1(C)CCOC1. The molecule has 0 aromatic rings. The quantitative estimate of drug-likeness (QED) is 0.453. The van der Waals surface area contributed by atoms with Gasteiger partial charge in [-0.25, -0.2) is 0 Å². The summed E-state index contributed by atoms with van der Waals surface area (Å²) in [6.45, 7) is 4.85. The summed E-state index contributed by atoms with van der Waals surface area (Å²) in [5.41, 5.74) is 0. The molecule has 0 aliphatic carbocycles. The summed E-state index contributed by atoms with van der Waals surface area (Å²) in [4.78, 5) is 0. The van der Waals surface area contributed by atoms with Gasteiger partial charge < -0.3 is 4.74 Å². The molecule has 1 unspecified atom stereocenters. The van der Waals surface area contributed by atoms with Crippen molar-refractivity contribution in [1.29, 1.82) is 0 Å². The van der Waals surface area contributed by atoms with E-state index in [1.807, 2.05) is 0 Å². The summed E-state index contributed by atoms with van der Waals surface area (Å²) < 4.78 is 5.27. The Hall–Kier alpha value is 0.260. The molecular formula is C6H13OP. The number of hydrogen-bond acceptors (Lipinski definition) is 1. The molecule has 1 saturated heterocycles. The van der Waals surface area contributed by atoms with Crippen molar-refractivity contribution >= 4 is 12.7 Å². The van der Waals surface area contributed by atoms with Gasteiger partial charge in [0.15, 0.2) is 0 Å². The maximum Gasteiger partial charge on any atom is 0.0652 e. The molecule has 2 heteroatoms. The van der Waals surface area contributed by atoms with Gasteiger partial charge in [0.05, 0.1) is 13.0 Å². The first-order valence-electron chi connectivity index (χ1n) is 2.99. The number of hydrogen-bond donors (Lipinski definition) is 0. The van der Waals surface area contributed by atoms with E-state index in [0.29, 0.717) is 0 Å². The van der Waals surface area contributed by atoms with Crippen LogP contribution in [-0.4, -0.2) is 31.6 Å². The molecule has 1 aliphatic heterocycles. The van der Waals surface area contributed by atoms with Crippen molar-refractivity contribution < 1.29 is 4.74 Å². The molecule has 48 valence electrons. The summed E-state index contributed by atoms with van der Waals surface area (Å²) in [5, 5.41) is 0. The van der Waals surface area contributed by atoms with Crippen molar-refractivity contribution in [3.63, 3.8) is 0 Å². The minimum atomic E-state index is -0.648. The van der Waals surface area contributed by atoms with Crippen molar-refractivity contribution in [3.05, 3.63) is 0 Å². The molecule has 1 aliphatic rings. The molecule has 1 fully saturated rings. The van der Waals surface area contributed by atoms with E-state index < -0.39 is 6.89 Å². The lowest BCUT2D eigenvalue weighted by Crippen LogP contribution is -1.83. The van der Waals surface area contributed by atoms with Crippen LogP contribution >= 0.6 is 6.89 Å². The van der Waals surface area contributed by atoms with Gasteiger partial charge in [-0.05, 0) is 19.8 Å². The van der Waals surface area contributed by atoms with E-state index in [-0.39, 0.29) is 0 Å². The average Bonchev–Trinajstić information content (AvgIpc) is 2.17. The standard InChI is InChI=1S/C6H13OP/c1-3-8(2)5-4-7-6-8/h3H,4-6H2,1-2H3. The predicted octanol–water partition coefficient (Wildman–Crippen LogP) is 1.44. The summed E-state index contributed by atoms with van der Waals surface area (Å²) in [7, 11) is 0. The minimum Gasteiger partial charge on any atom is -0.377 e. The van der Waals surface area contributed by atoms with Gasteiger partial charge in [-0.1, -0.05) is 12.7 Å². The highest BCUT2D eigenvalue weighted by molar-refractivity contribution is 7.74. The van der Waals surface area contributed by atoms with Crippen molar-refractivity contribution in [1.82, 2.24) is 0 Å². The fourth-order valence-corrected chi connectivity index (χ4v) is 2.44. The number of ether oxygens (including phenoxy) is 1. The number of rotatable bonds is 0. The van der Waals surface area contributed by atoms with E-state index in [1.54, 1.807) is 0 Å². The highest BCUT2D eigenvalue weighted by atomic mass is 31.2. The third kappa shape index (κ3) is 1.15. The first-order chi connectivity index (χ1) is 3.77. The Labute approximate surface area is 51.0 Å². The maximum absolute atomic E-state index is 5.27. The molecule has 1 atom stereocenters. The van der Waals surface area contributed by atoms with Crippen molar-refractivity contribution in [2.75, 3.05) is 25.8 Å². The molecule has 0 aromatic heterocycles. The van der Waals surface area contributed by atoms with Crippen LogP contribution in [0.1, 0.15) is 6.92 Å². The lowest BCUT2D eigenvalue weighted by Gasteiger charge is -2.06.